The molecule has 0 aliphatic heterocycles. The largest absolute Gasteiger partial charge is 0.299 e. The van der Waals surface area contributed by atoms with Gasteiger partial charge in [0.25, 0.3) is 0 Å². The zero-order chi connectivity index (χ0) is 17.1. The van der Waals surface area contributed by atoms with Crippen LogP contribution in [0.25, 0.3) is 10.9 Å². The maximum absolute atomic E-state index is 12.9. The van der Waals surface area contributed by atoms with Crippen LogP contribution < -0.4 is 0 Å². The molecule has 0 amide bonds. The second kappa shape index (κ2) is 7.46. The summed E-state index contributed by atoms with van der Waals surface area (Å²) in [5.74, 6) is 2.60. The van der Waals surface area contributed by atoms with Crippen molar-refractivity contribution in [1.29, 1.82) is 0 Å². The molecule has 128 valence electrons. The summed E-state index contributed by atoms with van der Waals surface area (Å²) in [6.07, 6.45) is 6.97. The highest BCUT2D eigenvalue weighted by molar-refractivity contribution is 5.82. The Labute approximate surface area is 145 Å². The van der Waals surface area contributed by atoms with Crippen LogP contribution in [0.3, 0.4) is 0 Å². The van der Waals surface area contributed by atoms with Crippen molar-refractivity contribution in [1.82, 2.24) is 4.98 Å². The molecular formula is C22H29NO. The third kappa shape index (κ3) is 3.85. The first-order valence-electron chi connectivity index (χ1n) is 9.41. The number of hydrogen-bond donors (Lipinski definition) is 0. The van der Waals surface area contributed by atoms with Crippen LogP contribution in [0.15, 0.2) is 36.5 Å². The Hall–Kier alpha value is -1.70. The van der Waals surface area contributed by atoms with Crippen LogP contribution in [0.5, 0.6) is 0 Å². The van der Waals surface area contributed by atoms with E-state index >= 15 is 0 Å². The van der Waals surface area contributed by atoms with Crippen LogP contribution in [0.4, 0.5) is 0 Å². The van der Waals surface area contributed by atoms with Crippen molar-refractivity contribution in [2.75, 3.05) is 0 Å². The highest BCUT2D eigenvalue weighted by Crippen LogP contribution is 2.39. The van der Waals surface area contributed by atoms with E-state index in [1.54, 1.807) is 0 Å². The van der Waals surface area contributed by atoms with E-state index in [0.29, 0.717) is 30.0 Å². The van der Waals surface area contributed by atoms with Gasteiger partial charge in [0.05, 0.1) is 5.52 Å². The molecule has 1 aliphatic carbocycles. The number of carbonyl (C=O) groups excluding carboxylic acids is 1. The second-order valence-electron chi connectivity index (χ2n) is 7.94. The van der Waals surface area contributed by atoms with Gasteiger partial charge in [-0.2, -0.15) is 0 Å². The monoisotopic (exact) mass is 323 g/mol. The number of benzene rings is 1. The van der Waals surface area contributed by atoms with Gasteiger partial charge in [-0.1, -0.05) is 45.4 Å². The number of para-hydroxylation sites is 1. The van der Waals surface area contributed by atoms with Crippen molar-refractivity contribution in [3.63, 3.8) is 0 Å². The zero-order valence-corrected chi connectivity index (χ0v) is 15.2. The molecule has 3 atom stereocenters. The number of aryl methyl sites for hydroxylation is 1. The topological polar surface area (TPSA) is 30.0 Å². The Kier molecular flexibility index (Phi) is 5.33. The van der Waals surface area contributed by atoms with Crippen molar-refractivity contribution < 1.29 is 4.79 Å². The molecule has 1 aromatic heterocycles. The van der Waals surface area contributed by atoms with Crippen LogP contribution in [-0.2, 0) is 11.2 Å². The molecule has 1 saturated carbocycles. The van der Waals surface area contributed by atoms with E-state index in [2.05, 4.69) is 37.9 Å². The fourth-order valence-electron chi connectivity index (χ4n) is 4.28. The summed E-state index contributed by atoms with van der Waals surface area (Å²) in [4.78, 5) is 17.4. The Balaban J connectivity index is 1.66. The van der Waals surface area contributed by atoms with Gasteiger partial charge in [-0.15, -0.1) is 0 Å². The first-order valence-corrected chi connectivity index (χ1v) is 9.41. The molecule has 0 N–H and O–H groups in total. The van der Waals surface area contributed by atoms with E-state index in [4.69, 9.17) is 0 Å². The minimum absolute atomic E-state index is 0.266. The molecule has 24 heavy (non-hydrogen) atoms. The summed E-state index contributed by atoms with van der Waals surface area (Å²) in [6, 6.07) is 10.3. The number of rotatable bonds is 5. The number of carbonyl (C=O) groups is 1. The number of pyridine rings is 1. The quantitative estimate of drug-likeness (QED) is 0.733. The second-order valence-corrected chi connectivity index (χ2v) is 7.94. The smallest absolute Gasteiger partial charge is 0.136 e. The Morgan fingerprint density at radius 3 is 2.83 bits per heavy atom. The molecule has 2 nitrogen and oxygen atoms in total. The van der Waals surface area contributed by atoms with E-state index in [1.165, 1.54) is 18.4 Å². The van der Waals surface area contributed by atoms with E-state index in [1.807, 2.05) is 24.4 Å². The number of fused-ring (bicyclic) bond motifs is 1. The van der Waals surface area contributed by atoms with Crippen molar-refractivity contribution in [2.45, 2.75) is 52.9 Å². The molecule has 2 heteroatoms. The van der Waals surface area contributed by atoms with Crippen molar-refractivity contribution in [3.8, 4) is 0 Å². The molecule has 0 bridgehead atoms. The molecule has 0 radical (unpaired) electrons. The van der Waals surface area contributed by atoms with Gasteiger partial charge in [0, 0.05) is 23.9 Å². The normalized spacial score (nSPS) is 24.4. The van der Waals surface area contributed by atoms with Gasteiger partial charge in [0.2, 0.25) is 0 Å². The lowest BCUT2D eigenvalue weighted by atomic mass is 9.68. The maximum atomic E-state index is 12.9. The highest BCUT2D eigenvalue weighted by Gasteiger charge is 2.34. The van der Waals surface area contributed by atoms with E-state index in [-0.39, 0.29) is 5.92 Å². The Bertz CT molecular complexity index is 706. The Morgan fingerprint density at radius 2 is 2.04 bits per heavy atom. The maximum Gasteiger partial charge on any atom is 0.136 e. The highest BCUT2D eigenvalue weighted by atomic mass is 16.1. The molecule has 1 fully saturated rings. The fourth-order valence-corrected chi connectivity index (χ4v) is 4.28. The Morgan fingerprint density at radius 1 is 1.25 bits per heavy atom. The number of ketones is 1. The van der Waals surface area contributed by atoms with E-state index < -0.39 is 0 Å². The van der Waals surface area contributed by atoms with E-state index in [0.717, 1.165) is 23.7 Å². The minimum Gasteiger partial charge on any atom is -0.299 e. The molecule has 1 aromatic carbocycles. The number of hydrogen-bond acceptors (Lipinski definition) is 2. The summed E-state index contributed by atoms with van der Waals surface area (Å²) >= 11 is 0. The average Bonchev–Trinajstić information content (AvgIpc) is 2.59. The molecule has 1 heterocycles. The van der Waals surface area contributed by atoms with Gasteiger partial charge < -0.3 is 0 Å². The van der Waals surface area contributed by atoms with Crippen molar-refractivity contribution in [3.05, 3.63) is 42.1 Å². The van der Waals surface area contributed by atoms with Gasteiger partial charge >= 0.3 is 0 Å². The van der Waals surface area contributed by atoms with Crippen LogP contribution in [0.2, 0.25) is 0 Å². The molecule has 0 spiro atoms. The number of aromatic nitrogens is 1. The first kappa shape index (κ1) is 17.1. The summed E-state index contributed by atoms with van der Waals surface area (Å²) in [5.41, 5.74) is 2.19. The van der Waals surface area contributed by atoms with Crippen LogP contribution >= 0.6 is 0 Å². The summed E-state index contributed by atoms with van der Waals surface area (Å²) in [6.45, 7) is 6.84. The lowest BCUT2D eigenvalue weighted by Gasteiger charge is -2.36. The lowest BCUT2D eigenvalue weighted by molar-refractivity contribution is -0.127. The summed E-state index contributed by atoms with van der Waals surface area (Å²) in [7, 11) is 0. The van der Waals surface area contributed by atoms with Crippen LogP contribution in [0, 0.1) is 23.7 Å². The summed E-state index contributed by atoms with van der Waals surface area (Å²) < 4.78 is 0. The molecule has 1 aliphatic rings. The number of Topliss-reactive ketones (excluding diaryl/α,β-unsaturated/α-hetero) is 1. The molecular weight excluding hydrogens is 294 g/mol. The van der Waals surface area contributed by atoms with Crippen LogP contribution in [0.1, 0.15) is 52.0 Å². The molecule has 3 rings (SSSR count). The average molecular weight is 323 g/mol. The van der Waals surface area contributed by atoms with Gasteiger partial charge in [-0.3, -0.25) is 9.78 Å². The van der Waals surface area contributed by atoms with E-state index in [9.17, 15) is 4.79 Å². The number of nitrogens with zero attached hydrogens (tertiary/aromatic N) is 1. The van der Waals surface area contributed by atoms with Crippen molar-refractivity contribution >= 4 is 16.7 Å². The van der Waals surface area contributed by atoms with Crippen molar-refractivity contribution in [2.24, 2.45) is 23.7 Å². The molecule has 2 aromatic rings. The lowest BCUT2D eigenvalue weighted by Crippen LogP contribution is -2.33. The summed E-state index contributed by atoms with van der Waals surface area (Å²) in [5, 5.41) is 1.16. The van der Waals surface area contributed by atoms with Gasteiger partial charge in [-0.25, -0.2) is 0 Å². The zero-order valence-electron chi connectivity index (χ0n) is 15.2. The predicted octanol–water partition coefficient (Wildman–Crippen LogP) is 5.44. The SMILES string of the molecule is CC(C)[C@@H]1CC[C@@H](C)C[C@H]1C(=O)CCc1cnc2ccccc2c1. The molecule has 0 saturated heterocycles. The van der Waals surface area contributed by atoms with Gasteiger partial charge in [-0.05, 0) is 54.7 Å². The standard InChI is InChI=1S/C22H29NO/c1-15(2)19-10-8-16(3)12-20(19)22(24)11-9-17-13-18-6-4-5-7-21(18)23-14-17/h4-7,13-16,19-20H,8-12H2,1-3H3/t16-,19+,20-/m1/s1. The first-order chi connectivity index (χ1) is 11.5. The van der Waals surface area contributed by atoms with Gasteiger partial charge in [0.15, 0.2) is 0 Å². The van der Waals surface area contributed by atoms with Gasteiger partial charge in [0.1, 0.15) is 5.78 Å². The third-order valence-corrected chi connectivity index (χ3v) is 5.74. The minimum atomic E-state index is 0.266. The third-order valence-electron chi connectivity index (χ3n) is 5.74. The predicted molar refractivity (Wildman–Crippen MR) is 99.9 cm³/mol. The van der Waals surface area contributed by atoms with Crippen LogP contribution in [-0.4, -0.2) is 10.8 Å². The fraction of sp³-hybridized carbons (Fsp3) is 0.545. The molecule has 0 unspecified atom stereocenters.